The maximum Gasteiger partial charge on any atom is 0.150 e. The molecule has 0 bridgehead atoms. The lowest BCUT2D eigenvalue weighted by molar-refractivity contribution is 0.154. The van der Waals surface area contributed by atoms with Gasteiger partial charge < -0.3 is 10.2 Å². The molecule has 2 rings (SSSR count). The molecule has 0 amide bonds. The molecule has 0 radical (unpaired) electrons. The highest BCUT2D eigenvalue weighted by Gasteiger charge is 2.27. The third kappa shape index (κ3) is 4.50. The highest BCUT2D eigenvalue weighted by molar-refractivity contribution is 7.91. The fraction of sp³-hybridized carbons (Fsp3) is 1.00. The van der Waals surface area contributed by atoms with Crippen molar-refractivity contribution < 1.29 is 8.42 Å². The molecule has 2 aliphatic rings. The second kappa shape index (κ2) is 6.32. The van der Waals surface area contributed by atoms with Crippen LogP contribution in [0, 0.1) is 5.92 Å². The largest absolute Gasteiger partial charge is 0.315 e. The normalized spacial score (nSPS) is 29.7. The van der Waals surface area contributed by atoms with E-state index in [0.717, 1.165) is 52.2 Å². The molecule has 0 aliphatic carbocycles. The molecule has 18 heavy (non-hydrogen) atoms. The van der Waals surface area contributed by atoms with Gasteiger partial charge in [0.1, 0.15) is 0 Å². The predicted octanol–water partition coefficient (Wildman–Crippen LogP) is -0.742. The van der Waals surface area contributed by atoms with Crippen LogP contribution in [0.1, 0.15) is 6.42 Å². The summed E-state index contributed by atoms with van der Waals surface area (Å²) in [7, 11) is -0.552. The molecule has 0 aromatic rings. The van der Waals surface area contributed by atoms with Crippen molar-refractivity contribution in [2.75, 3.05) is 64.4 Å². The van der Waals surface area contributed by atoms with Gasteiger partial charge in [-0.3, -0.25) is 4.90 Å². The van der Waals surface area contributed by atoms with Crippen molar-refractivity contribution in [2.45, 2.75) is 6.42 Å². The number of hydrogen-bond acceptors (Lipinski definition) is 5. The van der Waals surface area contributed by atoms with Crippen molar-refractivity contribution in [1.82, 2.24) is 15.1 Å². The Kier molecular flexibility index (Phi) is 5.00. The number of rotatable bonds is 5. The molecule has 0 spiro atoms. The highest BCUT2D eigenvalue weighted by Crippen LogP contribution is 2.17. The average Bonchev–Trinajstić information content (AvgIpc) is 2.67. The number of nitrogens with one attached hydrogen (secondary N) is 1. The minimum atomic E-state index is -2.72. The van der Waals surface area contributed by atoms with Gasteiger partial charge >= 0.3 is 0 Å². The molecule has 1 unspecified atom stereocenters. The molecular weight excluding hydrogens is 250 g/mol. The van der Waals surface area contributed by atoms with E-state index in [-0.39, 0.29) is 0 Å². The quantitative estimate of drug-likeness (QED) is 0.670. The predicted molar refractivity (Wildman–Crippen MR) is 73.6 cm³/mol. The topological polar surface area (TPSA) is 52.6 Å². The first-order valence-electron chi connectivity index (χ1n) is 6.87. The number of likely N-dealkylation sites (N-methyl/N-ethyl adjacent to an activating group) is 1. The van der Waals surface area contributed by atoms with E-state index in [1.54, 1.807) is 0 Å². The molecule has 106 valence electrons. The monoisotopic (exact) mass is 275 g/mol. The van der Waals surface area contributed by atoms with Crippen LogP contribution in [-0.2, 0) is 9.84 Å². The molecule has 0 aromatic carbocycles. The van der Waals surface area contributed by atoms with Gasteiger partial charge in [0, 0.05) is 39.3 Å². The Hall–Kier alpha value is -0.170. The van der Waals surface area contributed by atoms with E-state index in [9.17, 15) is 8.42 Å². The third-order valence-corrected chi connectivity index (χ3v) is 5.80. The molecule has 0 saturated carbocycles. The van der Waals surface area contributed by atoms with Crippen molar-refractivity contribution >= 4 is 9.84 Å². The fourth-order valence-corrected chi connectivity index (χ4v) is 4.51. The summed E-state index contributed by atoms with van der Waals surface area (Å²) >= 11 is 0. The molecule has 0 aromatic heterocycles. The zero-order valence-corrected chi connectivity index (χ0v) is 12.1. The minimum absolute atomic E-state index is 0.336. The average molecular weight is 275 g/mol. The summed E-state index contributed by atoms with van der Waals surface area (Å²) in [5.74, 6) is 1.11. The van der Waals surface area contributed by atoms with Crippen LogP contribution in [0.5, 0.6) is 0 Å². The van der Waals surface area contributed by atoms with E-state index >= 15 is 0 Å². The van der Waals surface area contributed by atoms with E-state index in [0.29, 0.717) is 17.4 Å². The second-order valence-electron chi connectivity index (χ2n) is 5.62. The standard InChI is InChI=1S/C12H25N3O2S/c1-14-5-7-15(8-6-14)4-3-13-10-12-2-9-18(16,17)11-12/h12-13H,2-11H2,1H3. The van der Waals surface area contributed by atoms with Crippen LogP contribution < -0.4 is 5.32 Å². The van der Waals surface area contributed by atoms with E-state index in [4.69, 9.17) is 0 Å². The first-order valence-corrected chi connectivity index (χ1v) is 8.69. The zero-order valence-electron chi connectivity index (χ0n) is 11.3. The molecule has 5 nitrogen and oxygen atoms in total. The van der Waals surface area contributed by atoms with E-state index in [1.807, 2.05) is 0 Å². The van der Waals surface area contributed by atoms with Gasteiger partial charge in [-0.15, -0.1) is 0 Å². The zero-order chi connectivity index (χ0) is 13.0. The summed E-state index contributed by atoms with van der Waals surface area (Å²) in [6.45, 7) is 7.51. The summed E-state index contributed by atoms with van der Waals surface area (Å²) < 4.78 is 22.6. The van der Waals surface area contributed by atoms with Gasteiger partial charge in [0.05, 0.1) is 11.5 Å². The van der Waals surface area contributed by atoms with Crippen LogP contribution in [0.3, 0.4) is 0 Å². The lowest BCUT2D eigenvalue weighted by Gasteiger charge is -2.32. The van der Waals surface area contributed by atoms with Gasteiger partial charge in [0.25, 0.3) is 0 Å². The Bertz CT molecular complexity index is 350. The molecule has 2 aliphatic heterocycles. The SMILES string of the molecule is CN1CCN(CCNCC2CCS(=O)(=O)C2)CC1. The van der Waals surface area contributed by atoms with Crippen molar-refractivity contribution in [2.24, 2.45) is 5.92 Å². The molecule has 2 heterocycles. The van der Waals surface area contributed by atoms with Crippen molar-refractivity contribution in [3.8, 4) is 0 Å². The molecule has 6 heteroatoms. The summed E-state index contributed by atoms with van der Waals surface area (Å²) in [5, 5.41) is 3.40. The number of hydrogen-bond donors (Lipinski definition) is 1. The smallest absolute Gasteiger partial charge is 0.150 e. The van der Waals surface area contributed by atoms with E-state index in [1.165, 1.54) is 0 Å². The molecule has 2 fully saturated rings. The summed E-state index contributed by atoms with van der Waals surface area (Å²) in [6, 6.07) is 0. The number of nitrogens with zero attached hydrogens (tertiary/aromatic N) is 2. The van der Waals surface area contributed by atoms with Crippen LogP contribution >= 0.6 is 0 Å². The van der Waals surface area contributed by atoms with Crippen molar-refractivity contribution in [3.63, 3.8) is 0 Å². The number of sulfone groups is 1. The first kappa shape index (κ1) is 14.2. The minimum Gasteiger partial charge on any atom is -0.315 e. The van der Waals surface area contributed by atoms with Crippen molar-refractivity contribution in [1.29, 1.82) is 0 Å². The van der Waals surface area contributed by atoms with Gasteiger partial charge in [0.2, 0.25) is 0 Å². The summed E-state index contributed by atoms with van der Waals surface area (Å²) in [6.07, 6.45) is 0.837. The lowest BCUT2D eigenvalue weighted by Crippen LogP contribution is -2.46. The van der Waals surface area contributed by atoms with Gasteiger partial charge in [-0.1, -0.05) is 0 Å². The first-order chi connectivity index (χ1) is 8.55. The molecule has 1 atom stereocenters. The van der Waals surface area contributed by atoms with Crippen molar-refractivity contribution in [3.05, 3.63) is 0 Å². The third-order valence-electron chi connectivity index (χ3n) is 3.96. The van der Waals surface area contributed by atoms with Crippen LogP contribution in [0.15, 0.2) is 0 Å². The molecule has 1 N–H and O–H groups in total. The summed E-state index contributed by atoms with van der Waals surface area (Å²) in [5.41, 5.74) is 0. The Labute approximate surface area is 110 Å². The van der Waals surface area contributed by atoms with E-state index in [2.05, 4.69) is 22.2 Å². The Balaban J connectivity index is 1.54. The van der Waals surface area contributed by atoms with Crippen LogP contribution in [0.25, 0.3) is 0 Å². The summed E-state index contributed by atoms with van der Waals surface area (Å²) in [4.78, 5) is 4.83. The Morgan fingerprint density at radius 2 is 1.94 bits per heavy atom. The highest BCUT2D eigenvalue weighted by atomic mass is 32.2. The van der Waals surface area contributed by atoms with Crippen LogP contribution in [0.4, 0.5) is 0 Å². The maximum atomic E-state index is 11.3. The second-order valence-corrected chi connectivity index (χ2v) is 7.85. The van der Waals surface area contributed by atoms with Gasteiger partial charge in [0.15, 0.2) is 9.84 Å². The van der Waals surface area contributed by atoms with Crippen LogP contribution in [0.2, 0.25) is 0 Å². The lowest BCUT2D eigenvalue weighted by atomic mass is 10.1. The number of piperazine rings is 1. The molecular formula is C12H25N3O2S. The van der Waals surface area contributed by atoms with E-state index < -0.39 is 9.84 Å². The fourth-order valence-electron chi connectivity index (χ4n) is 2.65. The van der Waals surface area contributed by atoms with Gasteiger partial charge in [-0.2, -0.15) is 0 Å². The van der Waals surface area contributed by atoms with Gasteiger partial charge in [-0.25, -0.2) is 8.42 Å². The Morgan fingerprint density at radius 1 is 1.22 bits per heavy atom. The Morgan fingerprint density at radius 3 is 2.56 bits per heavy atom. The molecule has 2 saturated heterocycles. The maximum absolute atomic E-state index is 11.3. The van der Waals surface area contributed by atoms with Gasteiger partial charge in [-0.05, 0) is 25.9 Å². The van der Waals surface area contributed by atoms with Crippen LogP contribution in [-0.4, -0.2) is 82.6 Å².